The van der Waals surface area contributed by atoms with Gasteiger partial charge in [-0.05, 0) is 72.6 Å². The summed E-state index contributed by atoms with van der Waals surface area (Å²) in [5.41, 5.74) is -0.335. The van der Waals surface area contributed by atoms with Gasteiger partial charge in [0.05, 0.1) is 5.69 Å². The molecule has 0 aromatic carbocycles. The number of piperazine rings is 1. The molecule has 2 aromatic heterocycles. The molecule has 2 unspecified atom stereocenters. The van der Waals surface area contributed by atoms with Crippen LogP contribution < -0.4 is 15.1 Å². The van der Waals surface area contributed by atoms with Crippen LogP contribution in [-0.4, -0.2) is 92.3 Å². The number of ether oxygens (including phenoxy) is 2. The topological polar surface area (TPSA) is 131 Å². The number of anilines is 4. The Labute approximate surface area is 240 Å². The third-order valence-electron chi connectivity index (χ3n) is 7.63. The first-order chi connectivity index (χ1) is 19.3. The van der Waals surface area contributed by atoms with E-state index in [1.54, 1.807) is 4.90 Å². The van der Waals surface area contributed by atoms with Gasteiger partial charge in [0.15, 0.2) is 5.82 Å². The second-order valence-corrected chi connectivity index (χ2v) is 13.6. The lowest BCUT2D eigenvalue weighted by atomic mass is 10.2. The fourth-order valence-corrected chi connectivity index (χ4v) is 5.36. The molecule has 13 heteroatoms. The Hall–Kier alpha value is -3.64. The molecular weight excluding hydrogens is 526 g/mol. The van der Waals surface area contributed by atoms with E-state index in [4.69, 9.17) is 24.4 Å². The van der Waals surface area contributed by atoms with Gasteiger partial charge in [0.2, 0.25) is 17.8 Å². The standard InChI is InChI=1S/C28H41N9O4/c1-27(2,3)40-25(38)35-11-9-34(10-12-35)23-30-22(31-24(32-23)36-15-18-13-19(18)16-36)29-21-14-20(17-7-8-17)37(33-21)26(39)41-28(4,5)6/h14,17-19H,7-13,15-16H2,1-6H3,(H,29,30,31,32,33). The minimum Gasteiger partial charge on any atom is -0.444 e. The monoisotopic (exact) mass is 567 g/mol. The van der Waals surface area contributed by atoms with Crippen LogP contribution in [0.5, 0.6) is 0 Å². The number of carbonyl (C=O) groups excluding carboxylic acids is 2. The van der Waals surface area contributed by atoms with Crippen LogP contribution in [0.4, 0.5) is 33.3 Å². The number of hydrogen-bond acceptors (Lipinski definition) is 11. The fourth-order valence-electron chi connectivity index (χ4n) is 5.36. The summed E-state index contributed by atoms with van der Waals surface area (Å²) in [5, 5.41) is 7.79. The zero-order valence-electron chi connectivity index (χ0n) is 24.9. The first kappa shape index (κ1) is 27.5. The first-order valence-corrected chi connectivity index (χ1v) is 14.7. The lowest BCUT2D eigenvalue weighted by Gasteiger charge is -2.35. The highest BCUT2D eigenvalue weighted by Crippen LogP contribution is 2.46. The van der Waals surface area contributed by atoms with Crippen LogP contribution in [0.15, 0.2) is 6.07 Å². The molecule has 6 rings (SSSR count). The highest BCUT2D eigenvalue weighted by molar-refractivity contribution is 5.72. The average molecular weight is 568 g/mol. The second kappa shape index (κ2) is 10.0. The Balaban J connectivity index is 1.22. The number of aromatic nitrogens is 5. The van der Waals surface area contributed by atoms with Gasteiger partial charge in [-0.2, -0.15) is 19.6 Å². The van der Waals surface area contributed by atoms with E-state index < -0.39 is 17.3 Å². The van der Waals surface area contributed by atoms with Crippen LogP contribution in [0, 0.1) is 11.8 Å². The maximum atomic E-state index is 12.9. The van der Waals surface area contributed by atoms with Crippen molar-refractivity contribution >= 4 is 35.8 Å². The Morgan fingerprint density at radius 2 is 1.41 bits per heavy atom. The molecule has 0 radical (unpaired) electrons. The van der Waals surface area contributed by atoms with Crippen molar-refractivity contribution in [1.82, 2.24) is 29.6 Å². The number of fused-ring (bicyclic) bond motifs is 1. The molecule has 0 spiro atoms. The second-order valence-electron chi connectivity index (χ2n) is 13.6. The molecule has 41 heavy (non-hydrogen) atoms. The van der Waals surface area contributed by atoms with E-state index in [0.29, 0.717) is 49.8 Å². The van der Waals surface area contributed by atoms with E-state index >= 15 is 0 Å². The van der Waals surface area contributed by atoms with Gasteiger partial charge >= 0.3 is 12.2 Å². The fraction of sp³-hybridized carbons (Fsp3) is 0.714. The Bertz CT molecular complexity index is 1310. The van der Waals surface area contributed by atoms with Crippen molar-refractivity contribution in [1.29, 1.82) is 0 Å². The number of carbonyl (C=O) groups is 2. The smallest absolute Gasteiger partial charge is 0.435 e. The summed E-state index contributed by atoms with van der Waals surface area (Å²) in [5.74, 6) is 3.76. The normalized spacial score (nSPS) is 22.4. The highest BCUT2D eigenvalue weighted by Gasteiger charge is 2.46. The first-order valence-electron chi connectivity index (χ1n) is 14.7. The van der Waals surface area contributed by atoms with E-state index in [9.17, 15) is 9.59 Å². The van der Waals surface area contributed by atoms with Crippen molar-refractivity contribution in [3.63, 3.8) is 0 Å². The maximum absolute atomic E-state index is 12.9. The van der Waals surface area contributed by atoms with Crippen LogP contribution in [0.25, 0.3) is 0 Å². The third-order valence-corrected chi connectivity index (χ3v) is 7.63. The van der Waals surface area contributed by atoms with Gasteiger partial charge in [-0.25, -0.2) is 9.59 Å². The number of nitrogens with zero attached hydrogens (tertiary/aromatic N) is 8. The molecule has 13 nitrogen and oxygen atoms in total. The molecule has 2 aliphatic carbocycles. The predicted molar refractivity (Wildman–Crippen MR) is 153 cm³/mol. The highest BCUT2D eigenvalue weighted by atomic mass is 16.6. The van der Waals surface area contributed by atoms with Gasteiger partial charge in [0.25, 0.3) is 0 Å². The van der Waals surface area contributed by atoms with Crippen molar-refractivity contribution in [3.05, 3.63) is 11.8 Å². The average Bonchev–Trinajstić information content (AvgIpc) is 3.79. The van der Waals surface area contributed by atoms with Crippen molar-refractivity contribution < 1.29 is 19.1 Å². The molecule has 2 aliphatic heterocycles. The van der Waals surface area contributed by atoms with Crippen molar-refractivity contribution in [2.24, 2.45) is 11.8 Å². The van der Waals surface area contributed by atoms with Crippen molar-refractivity contribution in [2.45, 2.75) is 77.9 Å². The zero-order chi connectivity index (χ0) is 29.1. The molecule has 0 bridgehead atoms. The van der Waals surface area contributed by atoms with E-state index in [1.165, 1.54) is 11.1 Å². The van der Waals surface area contributed by atoms with Crippen LogP contribution in [-0.2, 0) is 9.47 Å². The summed E-state index contributed by atoms with van der Waals surface area (Å²) in [4.78, 5) is 45.9. The summed E-state index contributed by atoms with van der Waals surface area (Å²) in [7, 11) is 0. The number of rotatable bonds is 5. The molecule has 2 aromatic rings. The summed E-state index contributed by atoms with van der Waals surface area (Å²) >= 11 is 0. The quantitative estimate of drug-likeness (QED) is 0.563. The molecular formula is C28H41N9O4. The molecule has 1 N–H and O–H groups in total. The molecule has 222 valence electrons. The van der Waals surface area contributed by atoms with Gasteiger partial charge in [-0.15, -0.1) is 5.10 Å². The summed E-state index contributed by atoms with van der Waals surface area (Å²) in [6, 6.07) is 1.88. The van der Waals surface area contributed by atoms with Gasteiger partial charge in [0, 0.05) is 51.3 Å². The molecule has 2 saturated heterocycles. The molecule has 4 fully saturated rings. The summed E-state index contributed by atoms with van der Waals surface area (Å²) in [6.45, 7) is 15.2. The van der Waals surface area contributed by atoms with E-state index in [-0.39, 0.29) is 12.0 Å². The van der Waals surface area contributed by atoms with Gasteiger partial charge in [0.1, 0.15) is 11.2 Å². The third kappa shape index (κ3) is 6.48. The zero-order valence-corrected chi connectivity index (χ0v) is 24.9. The summed E-state index contributed by atoms with van der Waals surface area (Å²) < 4.78 is 12.5. The van der Waals surface area contributed by atoms with Crippen molar-refractivity contribution in [3.8, 4) is 0 Å². The summed E-state index contributed by atoms with van der Waals surface area (Å²) in [6.07, 6.45) is 2.50. The van der Waals surface area contributed by atoms with Crippen LogP contribution in [0.3, 0.4) is 0 Å². The molecule has 1 amide bonds. The Morgan fingerprint density at radius 3 is 2.00 bits per heavy atom. The van der Waals surface area contributed by atoms with E-state index in [0.717, 1.165) is 43.5 Å². The lowest BCUT2D eigenvalue weighted by Crippen LogP contribution is -2.50. The SMILES string of the molecule is CC(C)(C)OC(=O)N1CCN(c2nc(Nc3cc(C4CC4)n(C(=O)OC(C)(C)C)n3)nc(N3CC4CC4C3)n2)CC1. The lowest BCUT2D eigenvalue weighted by molar-refractivity contribution is 0.0239. The van der Waals surface area contributed by atoms with E-state index in [2.05, 4.69) is 20.2 Å². The van der Waals surface area contributed by atoms with Crippen LogP contribution in [0.1, 0.15) is 72.4 Å². The minimum absolute atomic E-state index is 0.285. The predicted octanol–water partition coefficient (Wildman–Crippen LogP) is 3.99. The van der Waals surface area contributed by atoms with Crippen molar-refractivity contribution in [2.75, 3.05) is 54.4 Å². The van der Waals surface area contributed by atoms with Crippen LogP contribution in [0.2, 0.25) is 0 Å². The van der Waals surface area contributed by atoms with Gasteiger partial charge in [-0.3, -0.25) is 0 Å². The molecule has 2 atom stereocenters. The minimum atomic E-state index is -0.626. The number of nitrogens with one attached hydrogen (secondary N) is 1. The van der Waals surface area contributed by atoms with Crippen LogP contribution >= 0.6 is 0 Å². The number of hydrogen-bond donors (Lipinski definition) is 1. The number of piperidine rings is 1. The molecule has 4 heterocycles. The van der Waals surface area contributed by atoms with E-state index in [1.807, 2.05) is 47.6 Å². The maximum Gasteiger partial charge on any atom is 0.435 e. The Kier molecular flexibility index (Phi) is 6.73. The van der Waals surface area contributed by atoms with Gasteiger partial charge in [-0.1, -0.05) is 0 Å². The largest absolute Gasteiger partial charge is 0.444 e. The molecule has 4 aliphatic rings. The Morgan fingerprint density at radius 1 is 0.829 bits per heavy atom. The van der Waals surface area contributed by atoms with Gasteiger partial charge < -0.3 is 29.5 Å². The number of amides is 1. The molecule has 2 saturated carbocycles.